The number of benzene rings is 1. The van der Waals surface area contributed by atoms with Gasteiger partial charge in [-0.1, -0.05) is 17.7 Å². The lowest BCUT2D eigenvalue weighted by Crippen LogP contribution is -2.49. The Kier molecular flexibility index (Phi) is 5.86. The average Bonchev–Trinajstić information content (AvgIpc) is 3.11. The van der Waals surface area contributed by atoms with E-state index in [0.717, 1.165) is 26.2 Å². The molecule has 1 aliphatic heterocycles. The van der Waals surface area contributed by atoms with Crippen LogP contribution >= 0.6 is 11.6 Å². The van der Waals surface area contributed by atoms with Crippen molar-refractivity contribution in [2.24, 2.45) is 0 Å². The van der Waals surface area contributed by atoms with Crippen molar-refractivity contribution in [1.29, 1.82) is 0 Å². The number of nitrogens with zero attached hydrogens (tertiary/aromatic N) is 2. The lowest BCUT2D eigenvalue weighted by Gasteiger charge is -2.33. The van der Waals surface area contributed by atoms with Crippen LogP contribution in [0.25, 0.3) is 0 Å². The van der Waals surface area contributed by atoms with Gasteiger partial charge >= 0.3 is 0 Å². The summed E-state index contributed by atoms with van der Waals surface area (Å²) in [6.07, 6.45) is 1.50. The quantitative estimate of drug-likeness (QED) is 0.800. The van der Waals surface area contributed by atoms with Crippen LogP contribution in [0.3, 0.4) is 0 Å². The Morgan fingerprint density at radius 2 is 1.76 bits per heavy atom. The first-order chi connectivity index (χ1) is 12.1. The summed E-state index contributed by atoms with van der Waals surface area (Å²) in [5.74, 6) is 0.308. The summed E-state index contributed by atoms with van der Waals surface area (Å²) in [7, 11) is 0. The van der Waals surface area contributed by atoms with Crippen molar-refractivity contribution in [1.82, 2.24) is 9.80 Å². The van der Waals surface area contributed by atoms with Gasteiger partial charge in [0, 0.05) is 36.9 Å². The highest BCUT2D eigenvalue weighted by molar-refractivity contribution is 6.30. The molecule has 1 N–H and O–H groups in total. The van der Waals surface area contributed by atoms with E-state index in [2.05, 4.69) is 15.1 Å². The van der Waals surface area contributed by atoms with Crippen molar-refractivity contribution >= 4 is 29.0 Å². The number of amides is 1. The first-order valence-electron chi connectivity index (χ1n) is 8.17. The highest BCUT2D eigenvalue weighted by Gasteiger charge is 2.21. The number of anilines is 1. The van der Waals surface area contributed by atoms with Crippen molar-refractivity contribution in [3.63, 3.8) is 0 Å². The lowest BCUT2D eigenvalue weighted by atomic mass is 10.2. The molecule has 0 saturated carbocycles. The number of halogens is 1. The molecule has 0 atom stereocenters. The summed E-state index contributed by atoms with van der Waals surface area (Å²) in [4.78, 5) is 28.3. The number of hydrogen-bond donors (Lipinski definition) is 1. The Morgan fingerprint density at radius 1 is 1.04 bits per heavy atom. The minimum absolute atomic E-state index is 0.0165. The van der Waals surface area contributed by atoms with E-state index >= 15 is 0 Å². The summed E-state index contributed by atoms with van der Waals surface area (Å²) < 4.78 is 5.13. The molecule has 0 unspecified atom stereocenters. The second-order valence-corrected chi connectivity index (χ2v) is 6.45. The minimum atomic E-state index is -0.0672. The fourth-order valence-corrected chi connectivity index (χ4v) is 2.98. The van der Waals surface area contributed by atoms with E-state index in [0.29, 0.717) is 29.6 Å². The van der Waals surface area contributed by atoms with Gasteiger partial charge in [0.05, 0.1) is 19.4 Å². The molecular formula is C18H20ClN3O3. The predicted molar refractivity (Wildman–Crippen MR) is 96.0 cm³/mol. The number of furan rings is 1. The zero-order valence-electron chi connectivity index (χ0n) is 13.8. The van der Waals surface area contributed by atoms with Crippen LogP contribution in [0.1, 0.15) is 10.6 Å². The van der Waals surface area contributed by atoms with E-state index in [9.17, 15) is 9.59 Å². The zero-order chi connectivity index (χ0) is 17.6. The van der Waals surface area contributed by atoms with Crippen molar-refractivity contribution in [2.45, 2.75) is 0 Å². The summed E-state index contributed by atoms with van der Waals surface area (Å²) in [5.41, 5.74) is 0.695. The van der Waals surface area contributed by atoms with E-state index < -0.39 is 0 Å². The van der Waals surface area contributed by atoms with Gasteiger partial charge < -0.3 is 9.73 Å². The maximum absolute atomic E-state index is 12.1. The molecule has 3 rings (SSSR count). The second-order valence-electron chi connectivity index (χ2n) is 6.01. The molecule has 0 radical (unpaired) electrons. The molecule has 1 saturated heterocycles. The normalized spacial score (nSPS) is 15.9. The number of rotatable bonds is 6. The molecular weight excluding hydrogens is 342 g/mol. The van der Waals surface area contributed by atoms with E-state index in [1.807, 2.05) is 6.07 Å². The molecule has 0 spiro atoms. The minimum Gasteiger partial charge on any atom is -0.461 e. The smallest absolute Gasteiger partial charge is 0.238 e. The molecule has 0 bridgehead atoms. The Hall–Kier alpha value is -2.15. The topological polar surface area (TPSA) is 65.8 Å². The maximum Gasteiger partial charge on any atom is 0.238 e. The Morgan fingerprint density at radius 3 is 2.40 bits per heavy atom. The Labute approximate surface area is 151 Å². The van der Waals surface area contributed by atoms with Crippen molar-refractivity contribution in [2.75, 3.05) is 44.6 Å². The second kappa shape index (κ2) is 8.29. The van der Waals surface area contributed by atoms with E-state index in [4.69, 9.17) is 16.0 Å². The van der Waals surface area contributed by atoms with Gasteiger partial charge in [0.1, 0.15) is 0 Å². The zero-order valence-corrected chi connectivity index (χ0v) is 14.5. The molecule has 6 nitrogen and oxygen atoms in total. The number of nitrogens with one attached hydrogen (secondary N) is 1. The van der Waals surface area contributed by atoms with Crippen LogP contribution in [-0.2, 0) is 4.79 Å². The molecule has 1 fully saturated rings. The maximum atomic E-state index is 12.1. The summed E-state index contributed by atoms with van der Waals surface area (Å²) in [5, 5.41) is 3.44. The average molecular weight is 362 g/mol. The van der Waals surface area contributed by atoms with Gasteiger partial charge in [0.2, 0.25) is 11.7 Å². The number of carbonyl (C=O) groups is 2. The molecule has 7 heteroatoms. The number of carbonyl (C=O) groups excluding carboxylic acids is 2. The Balaban J connectivity index is 1.41. The van der Waals surface area contributed by atoms with Gasteiger partial charge in [-0.15, -0.1) is 0 Å². The van der Waals surface area contributed by atoms with E-state index in [-0.39, 0.29) is 11.7 Å². The number of ketones is 1. The van der Waals surface area contributed by atoms with Crippen LogP contribution < -0.4 is 5.32 Å². The molecule has 1 aromatic carbocycles. The van der Waals surface area contributed by atoms with Gasteiger partial charge in [0.25, 0.3) is 0 Å². The van der Waals surface area contributed by atoms with Crippen LogP contribution in [0, 0.1) is 0 Å². The first kappa shape index (κ1) is 17.7. The summed E-state index contributed by atoms with van der Waals surface area (Å²) in [6.45, 7) is 3.65. The number of hydrogen-bond acceptors (Lipinski definition) is 5. The third-order valence-corrected chi connectivity index (χ3v) is 4.34. The molecule has 1 amide bonds. The summed E-state index contributed by atoms with van der Waals surface area (Å²) >= 11 is 5.91. The highest BCUT2D eigenvalue weighted by Crippen LogP contribution is 2.15. The fraction of sp³-hybridized carbons (Fsp3) is 0.333. The molecule has 2 aromatic rings. The molecule has 25 heavy (non-hydrogen) atoms. The fourth-order valence-electron chi connectivity index (χ4n) is 2.79. The number of Topliss-reactive ketones (excluding diaryl/α,β-unsaturated/α-hetero) is 1. The van der Waals surface area contributed by atoms with Gasteiger partial charge in [-0.2, -0.15) is 0 Å². The van der Waals surface area contributed by atoms with Gasteiger partial charge in [-0.3, -0.25) is 19.4 Å². The van der Waals surface area contributed by atoms with Crippen molar-refractivity contribution in [3.8, 4) is 0 Å². The molecule has 0 aliphatic carbocycles. The van der Waals surface area contributed by atoms with Crippen molar-refractivity contribution < 1.29 is 14.0 Å². The van der Waals surface area contributed by atoms with Crippen molar-refractivity contribution in [3.05, 3.63) is 53.4 Å². The largest absolute Gasteiger partial charge is 0.461 e. The van der Waals surface area contributed by atoms with Crippen LogP contribution in [0.2, 0.25) is 5.02 Å². The van der Waals surface area contributed by atoms with Crippen LogP contribution in [-0.4, -0.2) is 60.8 Å². The third kappa shape index (κ3) is 5.16. The SMILES string of the molecule is O=C(CN1CCN(CC(=O)c2ccco2)CC1)Nc1cccc(Cl)c1. The Bertz CT molecular complexity index is 725. The lowest BCUT2D eigenvalue weighted by molar-refractivity contribution is -0.117. The van der Waals surface area contributed by atoms with Gasteiger partial charge in [-0.05, 0) is 30.3 Å². The van der Waals surface area contributed by atoms with Gasteiger partial charge in [-0.25, -0.2) is 0 Å². The highest BCUT2D eigenvalue weighted by atomic mass is 35.5. The monoisotopic (exact) mass is 361 g/mol. The van der Waals surface area contributed by atoms with E-state index in [1.165, 1.54) is 6.26 Å². The standard InChI is InChI=1S/C18H20ClN3O3/c19-14-3-1-4-15(11-14)20-18(24)13-22-8-6-21(7-9-22)12-16(23)17-5-2-10-25-17/h1-5,10-11H,6-9,12-13H2,(H,20,24). The molecule has 1 aliphatic rings. The van der Waals surface area contributed by atoms with Crippen LogP contribution in [0.4, 0.5) is 5.69 Å². The molecule has 2 heterocycles. The van der Waals surface area contributed by atoms with Crippen LogP contribution in [0.15, 0.2) is 47.1 Å². The van der Waals surface area contributed by atoms with Gasteiger partial charge in [0.15, 0.2) is 5.76 Å². The van der Waals surface area contributed by atoms with E-state index in [1.54, 1.807) is 30.3 Å². The first-order valence-corrected chi connectivity index (χ1v) is 8.55. The number of piperazine rings is 1. The predicted octanol–water partition coefficient (Wildman–Crippen LogP) is 2.37. The molecule has 1 aromatic heterocycles. The third-order valence-electron chi connectivity index (χ3n) is 4.10. The van der Waals surface area contributed by atoms with Crippen LogP contribution in [0.5, 0.6) is 0 Å². The molecule has 132 valence electrons. The summed E-state index contributed by atoms with van der Waals surface area (Å²) in [6, 6.07) is 10.5.